The highest BCUT2D eigenvalue weighted by molar-refractivity contribution is 5.80. The highest BCUT2D eigenvalue weighted by Gasteiger charge is 2.57. The predicted octanol–water partition coefficient (Wildman–Crippen LogP) is 2.98. The molecule has 4 fully saturated rings. The van der Waals surface area contributed by atoms with E-state index in [-0.39, 0.29) is 23.9 Å². The van der Waals surface area contributed by atoms with Gasteiger partial charge in [-0.15, -0.1) is 0 Å². The van der Waals surface area contributed by atoms with E-state index in [1.54, 1.807) is 11.9 Å². The summed E-state index contributed by atoms with van der Waals surface area (Å²) in [7, 11) is 5.70. The number of nitrogens with zero attached hydrogens (tertiary/aromatic N) is 2. The second-order valence-electron chi connectivity index (χ2n) is 10.3. The van der Waals surface area contributed by atoms with Crippen molar-refractivity contribution in [2.45, 2.75) is 57.1 Å². The van der Waals surface area contributed by atoms with E-state index in [9.17, 15) is 14.7 Å². The van der Waals surface area contributed by atoms with Gasteiger partial charge in [-0.1, -0.05) is 12.1 Å². The Labute approximate surface area is 179 Å². The van der Waals surface area contributed by atoms with Gasteiger partial charge in [-0.25, -0.2) is 0 Å². The molecule has 0 heterocycles. The van der Waals surface area contributed by atoms with Crippen LogP contribution in [0.25, 0.3) is 0 Å². The van der Waals surface area contributed by atoms with Crippen molar-refractivity contribution in [2.24, 2.45) is 17.3 Å². The van der Waals surface area contributed by atoms with Crippen molar-refractivity contribution < 1.29 is 19.4 Å². The van der Waals surface area contributed by atoms with E-state index in [4.69, 9.17) is 4.74 Å². The molecule has 4 aliphatic rings. The highest BCUT2D eigenvalue weighted by atomic mass is 16.5. The van der Waals surface area contributed by atoms with Crippen LogP contribution in [0.4, 0.5) is 5.69 Å². The summed E-state index contributed by atoms with van der Waals surface area (Å²) in [6.45, 7) is 0.253. The second-order valence-corrected chi connectivity index (χ2v) is 10.3. The molecule has 4 bridgehead atoms. The lowest BCUT2D eigenvalue weighted by Crippen LogP contribution is -2.56. The number of hydrogen-bond donors (Lipinski definition) is 1. The zero-order valence-corrected chi connectivity index (χ0v) is 18.4. The maximum Gasteiger partial charge on any atom is 0.306 e. The van der Waals surface area contributed by atoms with Crippen LogP contribution in [-0.4, -0.2) is 55.2 Å². The third-order valence-electron chi connectivity index (χ3n) is 7.33. The van der Waals surface area contributed by atoms with Gasteiger partial charge in [-0.3, -0.25) is 9.59 Å². The van der Waals surface area contributed by atoms with Crippen LogP contribution in [-0.2, 0) is 20.9 Å². The van der Waals surface area contributed by atoms with Gasteiger partial charge in [-0.2, -0.15) is 0 Å². The molecule has 0 spiro atoms. The minimum Gasteiger partial charge on any atom is -0.456 e. The molecule has 1 N–H and O–H groups in total. The van der Waals surface area contributed by atoms with Crippen LogP contribution in [0.15, 0.2) is 24.3 Å². The average Bonchev–Trinajstić information content (AvgIpc) is 2.64. The fourth-order valence-electron chi connectivity index (χ4n) is 6.48. The molecule has 1 aromatic rings. The second kappa shape index (κ2) is 7.88. The summed E-state index contributed by atoms with van der Waals surface area (Å²) in [5, 5.41) is 10.8. The summed E-state index contributed by atoms with van der Waals surface area (Å²) in [5.41, 5.74) is 1.43. The van der Waals surface area contributed by atoms with Crippen molar-refractivity contribution in [3.8, 4) is 0 Å². The molecule has 30 heavy (non-hydrogen) atoms. The van der Waals surface area contributed by atoms with Crippen LogP contribution < -0.4 is 4.90 Å². The topological polar surface area (TPSA) is 70.1 Å². The molecule has 2 unspecified atom stereocenters. The normalized spacial score (nSPS) is 31.5. The van der Waals surface area contributed by atoms with E-state index in [0.717, 1.165) is 36.9 Å². The molecule has 6 heteroatoms. The fourth-order valence-corrected chi connectivity index (χ4v) is 6.48. The number of esters is 1. The van der Waals surface area contributed by atoms with Crippen LogP contribution >= 0.6 is 0 Å². The molecule has 4 atom stereocenters. The lowest BCUT2D eigenvalue weighted by atomic mass is 9.47. The van der Waals surface area contributed by atoms with E-state index in [1.807, 2.05) is 43.3 Å². The number of hydrogen-bond acceptors (Lipinski definition) is 5. The number of carbonyl (C=O) groups excluding carboxylic acids is 2. The zero-order chi connectivity index (χ0) is 21.5. The van der Waals surface area contributed by atoms with Crippen molar-refractivity contribution in [1.82, 2.24) is 4.90 Å². The Morgan fingerprint density at radius 1 is 1.07 bits per heavy atom. The first-order valence-corrected chi connectivity index (χ1v) is 11.0. The molecular formula is C24H34N2O4. The van der Waals surface area contributed by atoms with Gasteiger partial charge in [0.25, 0.3) is 5.91 Å². The van der Waals surface area contributed by atoms with Crippen LogP contribution in [0.2, 0.25) is 0 Å². The summed E-state index contributed by atoms with van der Waals surface area (Å²) in [5.74, 6) is 0.563. The number of ether oxygens (including phenoxy) is 1. The van der Waals surface area contributed by atoms with E-state index in [1.165, 1.54) is 6.42 Å². The first kappa shape index (κ1) is 21.2. The van der Waals surface area contributed by atoms with Crippen molar-refractivity contribution in [1.29, 1.82) is 0 Å². The zero-order valence-electron chi connectivity index (χ0n) is 18.4. The lowest BCUT2D eigenvalue weighted by molar-refractivity contribution is -0.178. The minimum absolute atomic E-state index is 0.126. The van der Waals surface area contributed by atoms with Gasteiger partial charge in [0.05, 0.1) is 12.0 Å². The van der Waals surface area contributed by atoms with Crippen LogP contribution in [0.1, 0.15) is 50.5 Å². The number of anilines is 1. The third-order valence-corrected chi connectivity index (χ3v) is 7.33. The molecule has 1 amide bonds. The summed E-state index contributed by atoms with van der Waals surface area (Å²) in [4.78, 5) is 28.6. The van der Waals surface area contributed by atoms with Crippen LogP contribution in [0.3, 0.4) is 0 Å². The Kier molecular flexibility index (Phi) is 5.56. The van der Waals surface area contributed by atoms with Gasteiger partial charge in [0.15, 0.2) is 6.61 Å². The number of benzene rings is 1. The average molecular weight is 415 g/mol. The molecule has 4 saturated carbocycles. The molecule has 164 valence electrons. The smallest absolute Gasteiger partial charge is 0.306 e. The van der Waals surface area contributed by atoms with Crippen molar-refractivity contribution in [2.75, 3.05) is 32.6 Å². The molecule has 0 aliphatic heterocycles. The Balaban J connectivity index is 1.26. The van der Waals surface area contributed by atoms with Gasteiger partial charge in [0.2, 0.25) is 0 Å². The SMILES string of the molecule is CN(Cc1ccc(N(C)C)cc1)C(=O)COC(=O)CC12C[C@@H]3C[C@@H](CC(O)(C3)C1)C2. The van der Waals surface area contributed by atoms with E-state index < -0.39 is 5.60 Å². The minimum atomic E-state index is -0.581. The van der Waals surface area contributed by atoms with Crippen LogP contribution in [0.5, 0.6) is 0 Å². The summed E-state index contributed by atoms with van der Waals surface area (Å²) in [6.07, 6.45) is 6.02. The summed E-state index contributed by atoms with van der Waals surface area (Å²) in [6, 6.07) is 8.05. The lowest BCUT2D eigenvalue weighted by Gasteiger charge is -2.60. The number of likely N-dealkylation sites (N-methyl/N-ethyl adjacent to an activating group) is 1. The molecule has 0 radical (unpaired) electrons. The number of amides is 1. The molecule has 4 aliphatic carbocycles. The summed E-state index contributed by atoms with van der Waals surface area (Å²) >= 11 is 0. The van der Waals surface area contributed by atoms with Gasteiger partial charge in [0, 0.05) is 33.4 Å². The third kappa shape index (κ3) is 4.48. The number of aliphatic hydroxyl groups is 1. The maximum absolute atomic E-state index is 12.5. The number of carbonyl (C=O) groups is 2. The molecular weight excluding hydrogens is 380 g/mol. The van der Waals surface area contributed by atoms with E-state index in [0.29, 0.717) is 31.2 Å². The maximum atomic E-state index is 12.5. The first-order valence-electron chi connectivity index (χ1n) is 11.0. The molecule has 0 saturated heterocycles. The highest BCUT2D eigenvalue weighted by Crippen LogP contribution is 2.62. The quantitative estimate of drug-likeness (QED) is 0.695. The Morgan fingerprint density at radius 3 is 2.27 bits per heavy atom. The van der Waals surface area contributed by atoms with Crippen molar-refractivity contribution in [3.05, 3.63) is 29.8 Å². The van der Waals surface area contributed by atoms with Crippen molar-refractivity contribution in [3.63, 3.8) is 0 Å². The van der Waals surface area contributed by atoms with Gasteiger partial charge in [-0.05, 0) is 73.5 Å². The largest absolute Gasteiger partial charge is 0.456 e. The van der Waals surface area contributed by atoms with Gasteiger partial charge >= 0.3 is 5.97 Å². The van der Waals surface area contributed by atoms with Crippen LogP contribution in [0, 0.1) is 17.3 Å². The van der Waals surface area contributed by atoms with E-state index in [2.05, 4.69) is 0 Å². The standard InChI is InChI=1S/C24H34N2O4/c1-25(2)20-6-4-17(5-7-20)14-26(3)21(27)15-30-22(28)13-23-9-18-8-19(10-23)12-24(29,11-18)16-23/h4-7,18-19,29H,8-16H2,1-3H3/t18-,19+,23?,24?. The van der Waals surface area contributed by atoms with E-state index >= 15 is 0 Å². The predicted molar refractivity (Wildman–Crippen MR) is 115 cm³/mol. The molecule has 1 aromatic carbocycles. The monoisotopic (exact) mass is 414 g/mol. The Bertz CT molecular complexity index is 790. The molecule has 5 rings (SSSR count). The summed E-state index contributed by atoms with van der Waals surface area (Å²) < 4.78 is 5.37. The first-order chi connectivity index (χ1) is 14.2. The molecule has 6 nitrogen and oxygen atoms in total. The Morgan fingerprint density at radius 2 is 1.70 bits per heavy atom. The fraction of sp³-hybridized carbons (Fsp3) is 0.667. The Hall–Kier alpha value is -2.08. The number of rotatable bonds is 7. The van der Waals surface area contributed by atoms with Crippen molar-refractivity contribution >= 4 is 17.6 Å². The van der Waals surface area contributed by atoms with Gasteiger partial charge < -0.3 is 19.6 Å². The molecule has 0 aromatic heterocycles. The van der Waals surface area contributed by atoms with Gasteiger partial charge in [0.1, 0.15) is 0 Å².